The van der Waals surface area contributed by atoms with Crippen molar-refractivity contribution < 1.29 is 69.5 Å². The Labute approximate surface area is 211 Å². The standard InChI is InChI=1S/C21H44O4S.K/c1-3-4-5-6-7-8-9-10-11-12-13-14-15-16-17-18-19-21(22)20(2)26(23,24)25;/h20-22H,3-19H2,1-2H3,(H,23,24,25);/q;+1/p-1. The number of rotatable bonds is 19. The Balaban J connectivity index is 0. The van der Waals surface area contributed by atoms with E-state index in [1.165, 1.54) is 90.4 Å². The Morgan fingerprint density at radius 2 is 1.00 bits per heavy atom. The van der Waals surface area contributed by atoms with E-state index >= 15 is 0 Å². The van der Waals surface area contributed by atoms with Crippen molar-refractivity contribution >= 4 is 10.1 Å². The fraction of sp³-hybridized carbons (Fsp3) is 1.00. The fourth-order valence-corrected chi connectivity index (χ4v) is 3.85. The van der Waals surface area contributed by atoms with Gasteiger partial charge in [-0.1, -0.05) is 110 Å². The monoisotopic (exact) mass is 430 g/mol. The Hall–Kier alpha value is 1.51. The predicted octanol–water partition coefficient (Wildman–Crippen LogP) is 2.94. The van der Waals surface area contributed by atoms with E-state index in [1.807, 2.05) is 0 Å². The smallest absolute Gasteiger partial charge is 0.748 e. The number of aliphatic hydroxyl groups excluding tert-OH is 1. The summed E-state index contributed by atoms with van der Waals surface area (Å²) in [7, 11) is -4.37. The van der Waals surface area contributed by atoms with Crippen LogP contribution in [0.15, 0.2) is 0 Å². The van der Waals surface area contributed by atoms with Crippen LogP contribution in [0, 0.1) is 0 Å². The molecule has 0 bridgehead atoms. The van der Waals surface area contributed by atoms with Gasteiger partial charge in [0.2, 0.25) is 0 Å². The van der Waals surface area contributed by atoms with Crippen molar-refractivity contribution in [3.05, 3.63) is 0 Å². The zero-order chi connectivity index (χ0) is 19.7. The van der Waals surface area contributed by atoms with Crippen LogP contribution in [0.25, 0.3) is 0 Å². The Kier molecular flexibility index (Phi) is 23.6. The minimum Gasteiger partial charge on any atom is -0.748 e. The fourth-order valence-electron chi connectivity index (χ4n) is 3.33. The molecule has 0 aliphatic rings. The average molecular weight is 431 g/mol. The van der Waals surface area contributed by atoms with E-state index in [4.69, 9.17) is 0 Å². The van der Waals surface area contributed by atoms with Crippen LogP contribution in [0.4, 0.5) is 0 Å². The summed E-state index contributed by atoms with van der Waals surface area (Å²) in [4.78, 5) is 0. The van der Waals surface area contributed by atoms with Gasteiger partial charge in [-0.3, -0.25) is 0 Å². The topological polar surface area (TPSA) is 77.4 Å². The third-order valence-electron chi connectivity index (χ3n) is 5.35. The summed E-state index contributed by atoms with van der Waals surface area (Å²) in [5.74, 6) is 0. The molecule has 2 atom stereocenters. The summed E-state index contributed by atoms with van der Waals surface area (Å²) in [5, 5.41) is 8.49. The van der Waals surface area contributed by atoms with Gasteiger partial charge in [0.15, 0.2) is 0 Å². The first-order valence-electron chi connectivity index (χ1n) is 11.0. The Bertz CT molecular complexity index is 401. The molecule has 0 radical (unpaired) electrons. The van der Waals surface area contributed by atoms with Gasteiger partial charge in [0.1, 0.15) is 0 Å². The van der Waals surface area contributed by atoms with Gasteiger partial charge in [-0.2, -0.15) is 0 Å². The van der Waals surface area contributed by atoms with Crippen LogP contribution in [0.2, 0.25) is 0 Å². The molecule has 0 saturated heterocycles. The molecule has 0 heterocycles. The molecule has 0 saturated carbocycles. The molecule has 6 heteroatoms. The quantitative estimate of drug-likeness (QED) is 0.194. The second-order valence-corrected chi connectivity index (χ2v) is 9.59. The van der Waals surface area contributed by atoms with Gasteiger partial charge in [-0.25, -0.2) is 8.42 Å². The molecule has 0 fully saturated rings. The minimum absolute atomic E-state index is 0. The summed E-state index contributed by atoms with van der Waals surface area (Å²) in [6, 6.07) is 0. The van der Waals surface area contributed by atoms with Gasteiger partial charge in [-0.05, 0) is 13.3 Å². The van der Waals surface area contributed by atoms with E-state index in [0.29, 0.717) is 6.42 Å². The van der Waals surface area contributed by atoms with Crippen molar-refractivity contribution in [2.45, 2.75) is 134 Å². The van der Waals surface area contributed by atoms with Crippen molar-refractivity contribution in [1.29, 1.82) is 0 Å². The number of unbranched alkanes of at least 4 members (excludes halogenated alkanes) is 15. The molecule has 1 N–H and O–H groups in total. The first kappa shape index (κ1) is 30.7. The summed E-state index contributed by atoms with van der Waals surface area (Å²) in [6.45, 7) is 3.55. The van der Waals surface area contributed by atoms with Crippen LogP contribution in [0.3, 0.4) is 0 Å². The number of aliphatic hydroxyl groups is 1. The maximum absolute atomic E-state index is 10.8. The zero-order valence-corrected chi connectivity index (χ0v) is 22.2. The molecule has 0 amide bonds. The van der Waals surface area contributed by atoms with Crippen LogP contribution in [0.1, 0.15) is 123 Å². The van der Waals surface area contributed by atoms with Crippen LogP contribution < -0.4 is 51.4 Å². The SMILES string of the molecule is CCCCCCCCCCCCCCCCCCC(O)C(C)S(=O)(=O)[O-].[K+]. The summed E-state index contributed by atoms with van der Waals surface area (Å²) >= 11 is 0. The summed E-state index contributed by atoms with van der Waals surface area (Å²) < 4.78 is 32.5. The molecule has 0 rings (SSSR count). The van der Waals surface area contributed by atoms with Gasteiger partial charge in [0, 0.05) is 0 Å². The number of hydrogen-bond donors (Lipinski definition) is 1. The second kappa shape index (κ2) is 20.8. The van der Waals surface area contributed by atoms with E-state index < -0.39 is 21.5 Å². The van der Waals surface area contributed by atoms with Crippen molar-refractivity contribution in [3.63, 3.8) is 0 Å². The number of hydrogen-bond acceptors (Lipinski definition) is 4. The van der Waals surface area contributed by atoms with Gasteiger partial charge < -0.3 is 9.66 Å². The molecule has 158 valence electrons. The van der Waals surface area contributed by atoms with E-state index in [1.54, 1.807) is 0 Å². The molecule has 0 aromatic heterocycles. The molecule has 0 spiro atoms. The summed E-state index contributed by atoms with van der Waals surface area (Å²) in [6.07, 6.45) is 19.9. The molecule has 0 aliphatic heterocycles. The Morgan fingerprint density at radius 1 is 0.704 bits per heavy atom. The molecule has 0 aromatic carbocycles. The van der Waals surface area contributed by atoms with E-state index in [2.05, 4.69) is 6.92 Å². The van der Waals surface area contributed by atoms with Crippen LogP contribution >= 0.6 is 0 Å². The average Bonchev–Trinajstić information content (AvgIpc) is 2.59. The predicted molar refractivity (Wildman–Crippen MR) is 109 cm³/mol. The summed E-state index contributed by atoms with van der Waals surface area (Å²) in [5.41, 5.74) is 0. The van der Waals surface area contributed by atoms with E-state index in [0.717, 1.165) is 19.3 Å². The molecule has 4 nitrogen and oxygen atoms in total. The molecule has 27 heavy (non-hydrogen) atoms. The van der Waals surface area contributed by atoms with Crippen molar-refractivity contribution in [3.8, 4) is 0 Å². The molecular weight excluding hydrogens is 387 g/mol. The van der Waals surface area contributed by atoms with Crippen LogP contribution in [-0.2, 0) is 10.1 Å². The maximum Gasteiger partial charge on any atom is 1.00 e. The first-order chi connectivity index (χ1) is 12.4. The zero-order valence-electron chi connectivity index (χ0n) is 18.3. The molecular formula is C21H43KO4S. The maximum atomic E-state index is 10.8. The van der Waals surface area contributed by atoms with Gasteiger partial charge in [0.25, 0.3) is 0 Å². The third kappa shape index (κ3) is 20.6. The van der Waals surface area contributed by atoms with Crippen LogP contribution in [-0.4, -0.2) is 29.4 Å². The molecule has 0 aromatic rings. The van der Waals surface area contributed by atoms with Crippen LogP contribution in [0.5, 0.6) is 0 Å². The van der Waals surface area contributed by atoms with Crippen molar-refractivity contribution in [2.24, 2.45) is 0 Å². The van der Waals surface area contributed by atoms with Gasteiger partial charge in [0.05, 0.1) is 21.5 Å². The molecule has 2 unspecified atom stereocenters. The molecule has 0 aliphatic carbocycles. The van der Waals surface area contributed by atoms with Crippen molar-refractivity contribution in [1.82, 2.24) is 0 Å². The van der Waals surface area contributed by atoms with Gasteiger partial charge >= 0.3 is 51.4 Å². The second-order valence-electron chi connectivity index (χ2n) is 7.86. The third-order valence-corrected chi connectivity index (χ3v) is 6.58. The normalized spacial score (nSPS) is 13.9. The minimum atomic E-state index is -4.37. The van der Waals surface area contributed by atoms with E-state index in [9.17, 15) is 18.1 Å². The largest absolute Gasteiger partial charge is 1.00 e. The first-order valence-corrected chi connectivity index (χ1v) is 12.5. The van der Waals surface area contributed by atoms with Gasteiger partial charge in [-0.15, -0.1) is 0 Å². The van der Waals surface area contributed by atoms with E-state index in [-0.39, 0.29) is 51.4 Å². The Morgan fingerprint density at radius 3 is 1.30 bits per heavy atom. The van der Waals surface area contributed by atoms with Crippen molar-refractivity contribution in [2.75, 3.05) is 0 Å².